The first-order chi connectivity index (χ1) is 11.7. The van der Waals surface area contributed by atoms with Crippen molar-refractivity contribution in [2.45, 2.75) is 30.7 Å². The first-order valence-corrected chi connectivity index (χ1v) is 9.52. The molecule has 1 saturated heterocycles. The average molecular weight is 363 g/mol. The minimum absolute atomic E-state index is 0.299. The van der Waals surface area contributed by atoms with Crippen LogP contribution in [-0.4, -0.2) is 28.4 Å². The molecule has 1 aromatic heterocycles. The van der Waals surface area contributed by atoms with E-state index in [9.17, 15) is 18.0 Å². The van der Waals surface area contributed by atoms with Gasteiger partial charge in [-0.1, -0.05) is 29.8 Å². The summed E-state index contributed by atoms with van der Waals surface area (Å²) in [6.45, 7) is 2.33. The van der Waals surface area contributed by atoms with E-state index in [0.29, 0.717) is 13.0 Å². The van der Waals surface area contributed by atoms with E-state index in [1.165, 1.54) is 18.4 Å². The van der Waals surface area contributed by atoms with E-state index < -0.39 is 21.3 Å². The second kappa shape index (κ2) is 6.27. The molecule has 0 aliphatic carbocycles. The predicted molar refractivity (Wildman–Crippen MR) is 94.0 cm³/mol. The van der Waals surface area contributed by atoms with Gasteiger partial charge < -0.3 is 4.57 Å². The molecule has 1 atom stereocenters. The Balaban J connectivity index is 2.10. The predicted octanol–water partition coefficient (Wildman–Crippen LogP) is 0.918. The van der Waals surface area contributed by atoms with Crippen molar-refractivity contribution in [1.29, 1.82) is 0 Å². The van der Waals surface area contributed by atoms with E-state index in [2.05, 4.69) is 0 Å². The maximum absolute atomic E-state index is 13.1. The second-order valence-corrected chi connectivity index (χ2v) is 8.29. The maximum Gasteiger partial charge on any atom is 0.330 e. The van der Waals surface area contributed by atoms with Crippen LogP contribution in [0.25, 0.3) is 0 Å². The van der Waals surface area contributed by atoms with Crippen LogP contribution in [-0.2, 0) is 24.1 Å². The lowest BCUT2D eigenvalue weighted by Crippen LogP contribution is -2.42. The average Bonchev–Trinajstić information content (AvgIpc) is 3.07. The van der Waals surface area contributed by atoms with Crippen LogP contribution in [0, 0.1) is 6.92 Å². The summed E-state index contributed by atoms with van der Waals surface area (Å²) in [4.78, 5) is 23.8. The quantitative estimate of drug-likeness (QED) is 0.812. The summed E-state index contributed by atoms with van der Waals surface area (Å²) < 4.78 is 29.6. The summed E-state index contributed by atoms with van der Waals surface area (Å²) >= 11 is 0. The van der Waals surface area contributed by atoms with Gasteiger partial charge in [0.05, 0.1) is 6.04 Å². The fraction of sp³-hybridized carbons (Fsp3) is 0.412. The molecule has 0 N–H and O–H groups in total. The van der Waals surface area contributed by atoms with Crippen LogP contribution in [0.15, 0.2) is 44.9 Å². The highest BCUT2D eigenvalue weighted by Gasteiger charge is 2.38. The van der Waals surface area contributed by atoms with E-state index in [-0.39, 0.29) is 10.9 Å². The second-order valence-electron chi connectivity index (χ2n) is 6.44. The maximum atomic E-state index is 13.1. The van der Waals surface area contributed by atoms with Gasteiger partial charge in [-0.3, -0.25) is 9.36 Å². The molecule has 0 amide bonds. The summed E-state index contributed by atoms with van der Waals surface area (Å²) in [7, 11) is -1.28. The molecule has 1 aliphatic heterocycles. The SMILES string of the molecule is Cc1ccc(C2CCCN2S(=O)(=O)c2cn(C)c(=O)n(C)c2=O)cc1. The largest absolute Gasteiger partial charge is 0.330 e. The third-order valence-electron chi connectivity index (χ3n) is 4.67. The Morgan fingerprint density at radius 2 is 1.72 bits per heavy atom. The summed E-state index contributed by atoms with van der Waals surface area (Å²) in [5.41, 5.74) is 0.662. The molecule has 3 rings (SSSR count). The molecule has 1 aliphatic rings. The molecule has 25 heavy (non-hydrogen) atoms. The van der Waals surface area contributed by atoms with Gasteiger partial charge in [-0.2, -0.15) is 4.31 Å². The molecule has 0 radical (unpaired) electrons. The van der Waals surface area contributed by atoms with Gasteiger partial charge in [0.25, 0.3) is 15.6 Å². The fourth-order valence-corrected chi connectivity index (χ4v) is 5.06. The van der Waals surface area contributed by atoms with Gasteiger partial charge >= 0.3 is 5.69 Å². The van der Waals surface area contributed by atoms with Crippen molar-refractivity contribution >= 4 is 10.0 Å². The van der Waals surface area contributed by atoms with Crippen LogP contribution < -0.4 is 11.2 Å². The number of hydrogen-bond donors (Lipinski definition) is 0. The van der Waals surface area contributed by atoms with Gasteiger partial charge in [-0.15, -0.1) is 0 Å². The molecule has 7 nitrogen and oxygen atoms in total. The Bertz CT molecular complexity index is 1020. The van der Waals surface area contributed by atoms with Crippen LogP contribution in [0.2, 0.25) is 0 Å². The lowest BCUT2D eigenvalue weighted by Gasteiger charge is -2.24. The Morgan fingerprint density at radius 3 is 2.36 bits per heavy atom. The molecular formula is C17H21N3O4S. The van der Waals surface area contributed by atoms with Gasteiger partial charge in [-0.25, -0.2) is 13.2 Å². The van der Waals surface area contributed by atoms with Crippen molar-refractivity contribution in [3.63, 3.8) is 0 Å². The lowest BCUT2D eigenvalue weighted by molar-refractivity contribution is 0.394. The fourth-order valence-electron chi connectivity index (χ4n) is 3.23. The normalized spacial score (nSPS) is 18.6. The highest BCUT2D eigenvalue weighted by Crippen LogP contribution is 2.35. The van der Waals surface area contributed by atoms with E-state index in [4.69, 9.17) is 0 Å². The van der Waals surface area contributed by atoms with Crippen molar-refractivity contribution in [2.75, 3.05) is 6.54 Å². The zero-order chi connectivity index (χ0) is 18.4. The first kappa shape index (κ1) is 17.6. The Labute approximate surface area is 146 Å². The lowest BCUT2D eigenvalue weighted by atomic mass is 10.0. The van der Waals surface area contributed by atoms with Gasteiger partial charge in [-0.05, 0) is 25.3 Å². The van der Waals surface area contributed by atoms with Gasteiger partial charge in [0.15, 0.2) is 4.90 Å². The highest BCUT2D eigenvalue weighted by atomic mass is 32.2. The van der Waals surface area contributed by atoms with Crippen molar-refractivity contribution < 1.29 is 8.42 Å². The molecule has 0 bridgehead atoms. The summed E-state index contributed by atoms with van der Waals surface area (Å²) in [5, 5.41) is 0. The van der Waals surface area contributed by atoms with Crippen LogP contribution >= 0.6 is 0 Å². The smallest absolute Gasteiger partial charge is 0.302 e. The Hall–Kier alpha value is -2.19. The summed E-state index contributed by atoms with van der Waals surface area (Å²) in [6, 6.07) is 7.44. The van der Waals surface area contributed by atoms with Gasteiger partial charge in [0, 0.05) is 26.8 Å². The summed E-state index contributed by atoms with van der Waals surface area (Å²) in [5.74, 6) is 0. The Kier molecular flexibility index (Phi) is 4.42. The standard InChI is InChI=1S/C17H21N3O4S/c1-12-6-8-13(9-7-12)14-5-4-10-20(14)25(23,24)15-11-18(2)17(22)19(3)16(15)21/h6-9,11,14H,4-5,10H2,1-3H3. The number of hydrogen-bond acceptors (Lipinski definition) is 4. The number of sulfonamides is 1. The summed E-state index contributed by atoms with van der Waals surface area (Å²) in [6.07, 6.45) is 2.54. The molecule has 134 valence electrons. The third kappa shape index (κ3) is 2.96. The highest BCUT2D eigenvalue weighted by molar-refractivity contribution is 7.89. The first-order valence-electron chi connectivity index (χ1n) is 8.08. The number of aromatic nitrogens is 2. The minimum Gasteiger partial charge on any atom is -0.302 e. The van der Waals surface area contributed by atoms with E-state index >= 15 is 0 Å². The van der Waals surface area contributed by atoms with Gasteiger partial charge in [0.1, 0.15) is 0 Å². The van der Waals surface area contributed by atoms with Crippen LogP contribution in [0.3, 0.4) is 0 Å². The molecule has 1 aromatic carbocycles. The van der Waals surface area contributed by atoms with E-state index in [0.717, 1.165) is 32.9 Å². The molecule has 0 spiro atoms. The molecule has 2 aromatic rings. The van der Waals surface area contributed by atoms with E-state index in [1.54, 1.807) is 0 Å². The van der Waals surface area contributed by atoms with Crippen molar-refractivity contribution in [3.8, 4) is 0 Å². The van der Waals surface area contributed by atoms with Crippen molar-refractivity contribution in [1.82, 2.24) is 13.4 Å². The zero-order valence-electron chi connectivity index (χ0n) is 14.5. The number of nitrogens with zero attached hydrogens (tertiary/aromatic N) is 3. The third-order valence-corrected chi connectivity index (χ3v) is 6.56. The van der Waals surface area contributed by atoms with Crippen molar-refractivity contribution in [2.24, 2.45) is 14.1 Å². The molecular weight excluding hydrogens is 342 g/mol. The molecule has 8 heteroatoms. The Morgan fingerprint density at radius 1 is 1.08 bits per heavy atom. The molecule has 1 unspecified atom stereocenters. The molecule has 0 saturated carbocycles. The number of rotatable bonds is 3. The number of benzene rings is 1. The molecule has 1 fully saturated rings. The van der Waals surface area contributed by atoms with Gasteiger partial charge in [0.2, 0.25) is 0 Å². The van der Waals surface area contributed by atoms with Crippen LogP contribution in [0.4, 0.5) is 0 Å². The minimum atomic E-state index is -4.00. The van der Waals surface area contributed by atoms with Crippen LogP contribution in [0.5, 0.6) is 0 Å². The molecule has 2 heterocycles. The monoisotopic (exact) mass is 363 g/mol. The van der Waals surface area contributed by atoms with E-state index in [1.807, 2.05) is 31.2 Å². The number of aryl methyl sites for hydroxylation is 2. The van der Waals surface area contributed by atoms with Crippen LogP contribution in [0.1, 0.15) is 30.0 Å². The zero-order valence-corrected chi connectivity index (χ0v) is 15.3. The van der Waals surface area contributed by atoms with Crippen molar-refractivity contribution in [3.05, 3.63) is 62.4 Å². The topological polar surface area (TPSA) is 81.4 Å².